The zero-order valence-electron chi connectivity index (χ0n) is 22.7. The van der Waals surface area contributed by atoms with E-state index in [0.29, 0.717) is 5.56 Å². The molecule has 0 bridgehead atoms. The molecule has 0 aliphatic carbocycles. The SMILES string of the molecule is COC(=O)c1nn(C(c2ccccc2)(c2ccccc2)c2ccccc2)cc1-c1ccc2ncc(-c3nccs3)n2c1. The van der Waals surface area contributed by atoms with Crippen LogP contribution in [0.4, 0.5) is 0 Å². The monoisotopic (exact) mass is 567 g/mol. The number of hydrogen-bond donors (Lipinski definition) is 0. The minimum atomic E-state index is -0.879. The lowest BCUT2D eigenvalue weighted by molar-refractivity contribution is 0.0593. The molecule has 204 valence electrons. The van der Waals surface area contributed by atoms with Crippen LogP contribution in [-0.4, -0.2) is 37.2 Å². The van der Waals surface area contributed by atoms with E-state index in [2.05, 4.69) is 46.4 Å². The molecule has 7 aromatic rings. The third-order valence-corrected chi connectivity index (χ3v) is 8.27. The number of esters is 1. The molecule has 0 amide bonds. The van der Waals surface area contributed by atoms with Gasteiger partial charge in [0.15, 0.2) is 5.69 Å². The average Bonchev–Trinajstić information content (AvgIpc) is 3.83. The lowest BCUT2D eigenvalue weighted by Gasteiger charge is -2.36. The molecule has 0 aliphatic rings. The predicted molar refractivity (Wildman–Crippen MR) is 163 cm³/mol. The summed E-state index contributed by atoms with van der Waals surface area (Å²) in [6.07, 6.45) is 7.51. The van der Waals surface area contributed by atoms with Gasteiger partial charge >= 0.3 is 5.97 Å². The summed E-state index contributed by atoms with van der Waals surface area (Å²) in [4.78, 5) is 22.3. The first-order valence-electron chi connectivity index (χ1n) is 13.4. The van der Waals surface area contributed by atoms with Gasteiger partial charge in [-0.05, 0) is 28.8 Å². The summed E-state index contributed by atoms with van der Waals surface area (Å²) < 4.78 is 9.14. The van der Waals surface area contributed by atoms with E-state index in [1.807, 2.05) is 99.8 Å². The Morgan fingerprint density at radius 1 is 0.786 bits per heavy atom. The number of nitrogens with zero attached hydrogens (tertiary/aromatic N) is 5. The lowest BCUT2D eigenvalue weighted by Crippen LogP contribution is -2.38. The van der Waals surface area contributed by atoms with Crippen LogP contribution in [0.1, 0.15) is 27.2 Å². The van der Waals surface area contributed by atoms with E-state index in [1.165, 1.54) is 7.11 Å². The van der Waals surface area contributed by atoms with Gasteiger partial charge in [0.2, 0.25) is 0 Å². The number of aromatic nitrogens is 5. The van der Waals surface area contributed by atoms with Crippen molar-refractivity contribution in [1.82, 2.24) is 24.1 Å². The Hall–Kier alpha value is -5.34. The van der Waals surface area contributed by atoms with Crippen LogP contribution in [-0.2, 0) is 10.3 Å². The summed E-state index contributed by atoms with van der Waals surface area (Å²) >= 11 is 1.55. The van der Waals surface area contributed by atoms with Crippen molar-refractivity contribution in [2.75, 3.05) is 7.11 Å². The van der Waals surface area contributed by atoms with E-state index < -0.39 is 11.5 Å². The normalized spacial score (nSPS) is 11.5. The van der Waals surface area contributed by atoms with E-state index >= 15 is 0 Å². The van der Waals surface area contributed by atoms with Gasteiger partial charge in [-0.3, -0.25) is 9.08 Å². The maximum Gasteiger partial charge on any atom is 0.359 e. The van der Waals surface area contributed by atoms with E-state index in [-0.39, 0.29) is 5.69 Å². The molecule has 4 aromatic heterocycles. The third-order valence-electron chi connectivity index (χ3n) is 7.48. The molecule has 0 saturated carbocycles. The molecule has 0 unspecified atom stereocenters. The van der Waals surface area contributed by atoms with Crippen LogP contribution in [0.15, 0.2) is 133 Å². The zero-order chi connectivity index (χ0) is 28.5. The topological polar surface area (TPSA) is 74.3 Å². The van der Waals surface area contributed by atoms with E-state index in [1.54, 1.807) is 17.5 Å². The van der Waals surface area contributed by atoms with Gasteiger partial charge < -0.3 is 4.74 Å². The van der Waals surface area contributed by atoms with Crippen molar-refractivity contribution < 1.29 is 9.53 Å². The molecular formula is C34H25N5O2S. The highest BCUT2D eigenvalue weighted by molar-refractivity contribution is 7.13. The number of carbonyl (C=O) groups excluding carboxylic acids is 1. The van der Waals surface area contributed by atoms with Crippen LogP contribution >= 0.6 is 11.3 Å². The van der Waals surface area contributed by atoms with Crippen LogP contribution in [0.2, 0.25) is 0 Å². The molecule has 0 aliphatic heterocycles. The summed E-state index contributed by atoms with van der Waals surface area (Å²) in [5, 5.41) is 7.81. The molecule has 7 rings (SSSR count). The van der Waals surface area contributed by atoms with Crippen molar-refractivity contribution >= 4 is 23.0 Å². The van der Waals surface area contributed by atoms with Crippen LogP contribution < -0.4 is 0 Å². The molecule has 8 heteroatoms. The minimum absolute atomic E-state index is 0.222. The second-order valence-corrected chi connectivity index (χ2v) is 10.7. The third kappa shape index (κ3) is 4.12. The van der Waals surface area contributed by atoms with Crippen LogP contribution in [0, 0.1) is 0 Å². The van der Waals surface area contributed by atoms with Gasteiger partial charge in [0.05, 0.1) is 13.3 Å². The smallest absolute Gasteiger partial charge is 0.359 e. The Morgan fingerprint density at radius 3 is 1.95 bits per heavy atom. The van der Waals surface area contributed by atoms with Crippen molar-refractivity contribution in [3.05, 3.63) is 156 Å². The van der Waals surface area contributed by atoms with Crippen LogP contribution in [0.25, 0.3) is 27.5 Å². The molecule has 0 spiro atoms. The van der Waals surface area contributed by atoms with E-state index in [4.69, 9.17) is 9.84 Å². The van der Waals surface area contributed by atoms with Crippen LogP contribution in [0.5, 0.6) is 0 Å². The van der Waals surface area contributed by atoms with Gasteiger partial charge in [0.1, 0.15) is 21.9 Å². The number of hydrogen-bond acceptors (Lipinski definition) is 6. The molecule has 42 heavy (non-hydrogen) atoms. The summed E-state index contributed by atoms with van der Waals surface area (Å²) in [7, 11) is 1.38. The number of thiazole rings is 1. The standard InChI is InChI=1S/C34H25N5O2S/c1-41-33(40)31-28(24-17-18-30-36-21-29(38(30)22-24)32-35-19-20-42-32)23-39(37-31)34(25-11-5-2-6-12-25,26-13-7-3-8-14-26)27-15-9-4-10-16-27/h2-23H,1H3. The zero-order valence-corrected chi connectivity index (χ0v) is 23.5. The first-order chi connectivity index (χ1) is 20.7. The predicted octanol–water partition coefficient (Wildman–Crippen LogP) is 6.95. The van der Waals surface area contributed by atoms with E-state index in [9.17, 15) is 4.79 Å². The molecule has 0 N–H and O–H groups in total. The number of pyridine rings is 1. The number of fused-ring (bicyclic) bond motifs is 1. The molecule has 0 saturated heterocycles. The Balaban J connectivity index is 1.52. The van der Waals surface area contributed by atoms with Crippen molar-refractivity contribution in [2.45, 2.75) is 5.54 Å². The highest BCUT2D eigenvalue weighted by atomic mass is 32.1. The Kier molecular flexibility index (Phi) is 6.45. The number of imidazole rings is 1. The first-order valence-corrected chi connectivity index (χ1v) is 14.3. The number of rotatable bonds is 7. The number of ether oxygens (including phenoxy) is 1. The van der Waals surface area contributed by atoms with Crippen LogP contribution in [0.3, 0.4) is 0 Å². The van der Waals surface area contributed by atoms with Gasteiger partial charge in [-0.25, -0.2) is 14.8 Å². The van der Waals surface area contributed by atoms with Crippen molar-refractivity contribution in [3.63, 3.8) is 0 Å². The van der Waals surface area contributed by atoms with Crippen molar-refractivity contribution in [3.8, 4) is 21.8 Å². The largest absolute Gasteiger partial charge is 0.464 e. The Morgan fingerprint density at radius 2 is 1.40 bits per heavy atom. The molecule has 0 radical (unpaired) electrons. The quantitative estimate of drug-likeness (QED) is 0.154. The number of methoxy groups -OCH3 is 1. The van der Waals surface area contributed by atoms with Crippen molar-refractivity contribution in [1.29, 1.82) is 0 Å². The first kappa shape index (κ1) is 25.6. The molecule has 0 atom stereocenters. The summed E-state index contributed by atoms with van der Waals surface area (Å²) in [5.74, 6) is -0.516. The van der Waals surface area contributed by atoms with Gasteiger partial charge in [-0.1, -0.05) is 91.0 Å². The molecule has 4 heterocycles. The highest BCUT2D eigenvalue weighted by Gasteiger charge is 2.40. The fourth-order valence-electron chi connectivity index (χ4n) is 5.59. The minimum Gasteiger partial charge on any atom is -0.464 e. The summed E-state index contributed by atoms with van der Waals surface area (Å²) in [6, 6.07) is 34.6. The average molecular weight is 568 g/mol. The highest BCUT2D eigenvalue weighted by Crippen LogP contribution is 2.42. The number of carbonyl (C=O) groups is 1. The van der Waals surface area contributed by atoms with Gasteiger partial charge in [0.25, 0.3) is 0 Å². The molecule has 7 nitrogen and oxygen atoms in total. The maximum atomic E-state index is 13.3. The maximum absolute atomic E-state index is 13.3. The number of benzene rings is 3. The Labute approximate surface area is 246 Å². The van der Waals surface area contributed by atoms with Crippen molar-refractivity contribution in [2.24, 2.45) is 0 Å². The summed E-state index contributed by atoms with van der Waals surface area (Å²) in [6.45, 7) is 0. The fourth-order valence-corrected chi connectivity index (χ4v) is 6.23. The van der Waals surface area contributed by atoms with E-state index in [0.717, 1.165) is 38.6 Å². The van der Waals surface area contributed by atoms with Gasteiger partial charge in [-0.2, -0.15) is 5.10 Å². The summed E-state index contributed by atoms with van der Waals surface area (Å²) in [5.41, 5.74) is 5.46. The molecule has 3 aromatic carbocycles. The Bertz CT molecular complexity index is 1890. The lowest BCUT2D eigenvalue weighted by atomic mass is 9.77. The van der Waals surface area contributed by atoms with Gasteiger partial charge in [-0.15, -0.1) is 11.3 Å². The fraction of sp³-hybridized carbons (Fsp3) is 0.0588. The second-order valence-electron chi connectivity index (χ2n) is 9.76. The molecular weight excluding hydrogens is 542 g/mol. The molecule has 0 fully saturated rings. The second kappa shape index (κ2) is 10.6. The van der Waals surface area contributed by atoms with Gasteiger partial charge in [0, 0.05) is 35.1 Å².